The quantitative estimate of drug-likeness (QED) is 0.401. The average molecular weight is 426 g/mol. The molecule has 10 nitrogen and oxygen atoms in total. The fourth-order valence-corrected chi connectivity index (χ4v) is 2.55. The van der Waals surface area contributed by atoms with Crippen molar-refractivity contribution < 1.29 is 33.6 Å². The van der Waals surface area contributed by atoms with Gasteiger partial charge in [-0.05, 0) is 32.1 Å². The van der Waals surface area contributed by atoms with Crippen LogP contribution in [0.25, 0.3) is 0 Å². The first kappa shape index (κ1) is 27.0. The fourth-order valence-electron chi connectivity index (χ4n) is 2.55. The van der Waals surface area contributed by atoms with Gasteiger partial charge in [0.2, 0.25) is 0 Å². The van der Waals surface area contributed by atoms with Crippen LogP contribution in [0.15, 0.2) is 35.1 Å². The standard InChI is InChI=1S/C9H11NO5.C9H11NO3.2CH4/c1-9-4-3-6(14-15-9)8(12)10(9)5-7(11)13-2;1-7-4-3-5-8(11)10(7)6-9(12)13-2;;/h3-4,6H,5H2,1-2H3;3-5H,6H2,1-2H3;2*1H4. The van der Waals surface area contributed by atoms with Gasteiger partial charge in [-0.1, -0.05) is 20.9 Å². The fraction of sp³-hybridized carbons (Fsp3) is 0.500. The van der Waals surface area contributed by atoms with E-state index in [9.17, 15) is 19.2 Å². The Morgan fingerprint density at radius 3 is 2.17 bits per heavy atom. The molecule has 0 aliphatic carbocycles. The summed E-state index contributed by atoms with van der Waals surface area (Å²) in [6.07, 6.45) is 2.54. The molecule has 0 saturated carbocycles. The highest BCUT2D eigenvalue weighted by atomic mass is 17.2. The summed E-state index contributed by atoms with van der Waals surface area (Å²) in [6.45, 7) is 3.24. The molecule has 0 spiro atoms. The molecule has 1 saturated heterocycles. The first-order valence-electron chi connectivity index (χ1n) is 8.37. The number of amides is 1. The summed E-state index contributed by atoms with van der Waals surface area (Å²) in [5, 5.41) is 0. The van der Waals surface area contributed by atoms with E-state index in [1.807, 2.05) is 0 Å². The van der Waals surface area contributed by atoms with Crippen LogP contribution >= 0.6 is 0 Å². The molecular formula is C20H30N2O8. The maximum atomic E-state index is 11.7. The maximum Gasteiger partial charge on any atom is 0.325 e. The number of hydrogen-bond acceptors (Lipinski definition) is 8. The van der Waals surface area contributed by atoms with Gasteiger partial charge in [0.15, 0.2) is 11.8 Å². The third-order valence-corrected chi connectivity index (χ3v) is 4.24. The molecule has 10 heteroatoms. The lowest BCUT2D eigenvalue weighted by Crippen LogP contribution is -2.62. The van der Waals surface area contributed by atoms with E-state index in [1.54, 1.807) is 38.1 Å². The minimum Gasteiger partial charge on any atom is -0.468 e. The van der Waals surface area contributed by atoms with E-state index in [-0.39, 0.29) is 39.4 Å². The first-order valence-corrected chi connectivity index (χ1v) is 8.37. The summed E-state index contributed by atoms with van der Waals surface area (Å²) >= 11 is 0. The number of nitrogens with zero attached hydrogens (tertiary/aromatic N) is 2. The maximum absolute atomic E-state index is 11.7. The Bertz CT molecular complexity index is 847. The molecule has 2 bridgehead atoms. The molecule has 0 N–H and O–H groups in total. The Hall–Kier alpha value is -2.98. The van der Waals surface area contributed by atoms with Crippen LogP contribution in [0.4, 0.5) is 0 Å². The largest absolute Gasteiger partial charge is 0.468 e. The number of carbonyl (C=O) groups excluding carboxylic acids is 3. The van der Waals surface area contributed by atoms with Crippen molar-refractivity contribution in [3.05, 3.63) is 46.4 Å². The summed E-state index contributed by atoms with van der Waals surface area (Å²) in [5.41, 5.74) is -0.455. The average Bonchev–Trinajstić information content (AvgIpc) is 2.68. The van der Waals surface area contributed by atoms with Gasteiger partial charge in [0, 0.05) is 11.8 Å². The Balaban J connectivity index is 0.000000531. The van der Waals surface area contributed by atoms with Crippen LogP contribution in [-0.2, 0) is 40.2 Å². The second-order valence-corrected chi connectivity index (χ2v) is 6.18. The Labute approximate surface area is 175 Å². The van der Waals surface area contributed by atoms with Crippen LogP contribution in [0.5, 0.6) is 0 Å². The predicted molar refractivity (Wildman–Crippen MR) is 108 cm³/mol. The summed E-state index contributed by atoms with van der Waals surface area (Å²) in [6, 6.07) is 4.84. The highest BCUT2D eigenvalue weighted by Gasteiger charge is 2.48. The zero-order valence-electron chi connectivity index (χ0n) is 16.0. The van der Waals surface area contributed by atoms with Crippen molar-refractivity contribution in [1.82, 2.24) is 9.47 Å². The minimum absolute atomic E-state index is 0. The molecule has 2 atom stereocenters. The Morgan fingerprint density at radius 2 is 1.70 bits per heavy atom. The molecule has 3 aliphatic rings. The SMILES string of the molecule is C.C.COC(=O)CN1C(=O)C2C=CC1(C)OO2.COC(=O)Cn1c(C)cccc1=O. The highest BCUT2D eigenvalue weighted by Crippen LogP contribution is 2.31. The van der Waals surface area contributed by atoms with Gasteiger partial charge in [0.05, 0.1) is 14.2 Å². The van der Waals surface area contributed by atoms with Crippen LogP contribution in [0, 0.1) is 6.92 Å². The minimum atomic E-state index is -1.01. The summed E-state index contributed by atoms with van der Waals surface area (Å²) in [5.74, 6) is -1.21. The van der Waals surface area contributed by atoms with E-state index in [1.165, 1.54) is 29.8 Å². The summed E-state index contributed by atoms with van der Waals surface area (Å²) in [4.78, 5) is 56.1. The van der Waals surface area contributed by atoms with Crippen molar-refractivity contribution in [2.75, 3.05) is 20.8 Å². The molecule has 4 heterocycles. The lowest BCUT2D eigenvalue weighted by atomic mass is 10.0. The van der Waals surface area contributed by atoms with Crippen LogP contribution in [0.3, 0.4) is 0 Å². The van der Waals surface area contributed by atoms with Crippen molar-refractivity contribution in [3.63, 3.8) is 0 Å². The third-order valence-electron chi connectivity index (χ3n) is 4.24. The third kappa shape index (κ3) is 6.01. The Morgan fingerprint density at radius 1 is 1.10 bits per heavy atom. The van der Waals surface area contributed by atoms with Crippen LogP contribution in [-0.4, -0.2) is 59.9 Å². The molecule has 2 unspecified atom stereocenters. The second-order valence-electron chi connectivity index (χ2n) is 6.18. The van der Waals surface area contributed by atoms with Gasteiger partial charge in [0.1, 0.15) is 13.1 Å². The van der Waals surface area contributed by atoms with E-state index in [0.29, 0.717) is 0 Å². The number of hydrogen-bond donors (Lipinski definition) is 0. The van der Waals surface area contributed by atoms with Gasteiger partial charge in [-0.15, -0.1) is 0 Å². The lowest BCUT2D eigenvalue weighted by Gasteiger charge is -2.45. The molecule has 1 aromatic rings. The molecule has 1 amide bonds. The van der Waals surface area contributed by atoms with Crippen molar-refractivity contribution in [2.45, 2.75) is 47.1 Å². The molecule has 1 fully saturated rings. The van der Waals surface area contributed by atoms with Crippen molar-refractivity contribution in [2.24, 2.45) is 0 Å². The number of ether oxygens (including phenoxy) is 2. The molecule has 0 aromatic carbocycles. The van der Waals surface area contributed by atoms with E-state index in [2.05, 4.69) is 9.47 Å². The van der Waals surface area contributed by atoms with E-state index >= 15 is 0 Å². The van der Waals surface area contributed by atoms with Crippen LogP contribution in [0.1, 0.15) is 27.5 Å². The molecule has 4 rings (SSSR count). The molecule has 30 heavy (non-hydrogen) atoms. The number of methoxy groups -OCH3 is 2. The molecule has 3 aliphatic heterocycles. The highest BCUT2D eigenvalue weighted by molar-refractivity contribution is 5.88. The topological polar surface area (TPSA) is 113 Å². The monoisotopic (exact) mass is 426 g/mol. The number of esters is 2. The number of carbonyl (C=O) groups is 3. The van der Waals surface area contributed by atoms with Crippen molar-refractivity contribution in [3.8, 4) is 0 Å². The van der Waals surface area contributed by atoms with Gasteiger partial charge in [-0.25, -0.2) is 9.78 Å². The lowest BCUT2D eigenvalue weighted by molar-refractivity contribution is -0.409. The first-order chi connectivity index (χ1) is 13.2. The molecular weight excluding hydrogens is 396 g/mol. The smallest absolute Gasteiger partial charge is 0.325 e. The van der Waals surface area contributed by atoms with Crippen molar-refractivity contribution in [1.29, 1.82) is 0 Å². The summed E-state index contributed by atoms with van der Waals surface area (Å²) < 4.78 is 10.3. The number of rotatable bonds is 4. The van der Waals surface area contributed by atoms with E-state index in [4.69, 9.17) is 9.78 Å². The predicted octanol–water partition coefficient (Wildman–Crippen LogP) is 1.21. The number of fused-ring (bicyclic) bond motifs is 2. The van der Waals surface area contributed by atoms with Gasteiger partial charge >= 0.3 is 11.9 Å². The van der Waals surface area contributed by atoms with Gasteiger partial charge in [-0.2, -0.15) is 0 Å². The number of pyridine rings is 1. The second kappa shape index (κ2) is 11.3. The van der Waals surface area contributed by atoms with Crippen LogP contribution < -0.4 is 5.56 Å². The molecule has 168 valence electrons. The van der Waals surface area contributed by atoms with Gasteiger partial charge < -0.3 is 14.0 Å². The van der Waals surface area contributed by atoms with Gasteiger partial charge in [-0.3, -0.25) is 24.1 Å². The van der Waals surface area contributed by atoms with Crippen LogP contribution in [0.2, 0.25) is 0 Å². The number of aromatic nitrogens is 1. The summed E-state index contributed by atoms with van der Waals surface area (Å²) in [7, 11) is 2.57. The zero-order chi connectivity index (χ0) is 20.9. The Kier molecular flexibility index (Phi) is 10.1. The molecule has 1 aromatic heterocycles. The normalized spacial score (nSPS) is 20.9. The zero-order valence-corrected chi connectivity index (χ0v) is 16.0. The van der Waals surface area contributed by atoms with Crippen molar-refractivity contribution >= 4 is 17.8 Å². The van der Waals surface area contributed by atoms with Gasteiger partial charge in [0.25, 0.3) is 11.5 Å². The number of aryl methyl sites for hydroxylation is 1. The van der Waals surface area contributed by atoms with E-state index in [0.717, 1.165) is 5.69 Å². The molecule has 0 radical (unpaired) electrons. The van der Waals surface area contributed by atoms with E-state index < -0.39 is 23.8 Å².